The van der Waals surface area contributed by atoms with Crippen molar-refractivity contribution in [2.24, 2.45) is 0 Å². The maximum Gasteiger partial charge on any atom is 0.321 e. The van der Waals surface area contributed by atoms with E-state index < -0.39 is 24.0 Å². The molecule has 2 N–H and O–H groups in total. The minimum atomic E-state index is -1.10. The number of carbonyl (C=O) groups excluding carboxylic acids is 3. The van der Waals surface area contributed by atoms with Crippen molar-refractivity contribution in [1.29, 1.82) is 0 Å². The monoisotopic (exact) mass is 382 g/mol. The van der Waals surface area contributed by atoms with Crippen LogP contribution in [0.25, 0.3) is 21.7 Å². The molecule has 0 aliphatic carbocycles. The molecular formula is C21H22N2O5. The van der Waals surface area contributed by atoms with Gasteiger partial charge in [-0.05, 0) is 37.6 Å². The summed E-state index contributed by atoms with van der Waals surface area (Å²) in [6.07, 6.45) is 0.385. The van der Waals surface area contributed by atoms with Crippen LogP contribution in [0.5, 0.6) is 0 Å². The zero-order valence-electron chi connectivity index (χ0n) is 15.9. The fourth-order valence-corrected chi connectivity index (χ4v) is 2.96. The third kappa shape index (κ3) is 4.31. The highest BCUT2D eigenvalue weighted by Gasteiger charge is 2.21. The number of imide groups is 1. The first-order chi connectivity index (χ1) is 13.3. The minimum absolute atomic E-state index is 0.0448. The molecule has 1 unspecified atom stereocenters. The number of urea groups is 1. The molecule has 1 heterocycles. The molecule has 146 valence electrons. The lowest BCUT2D eigenvalue weighted by Gasteiger charge is -2.14. The minimum Gasteiger partial charge on any atom is -0.464 e. The number of hydrogen-bond donors (Lipinski definition) is 2. The van der Waals surface area contributed by atoms with Crippen LogP contribution in [-0.2, 0) is 20.7 Å². The number of rotatable bonds is 5. The van der Waals surface area contributed by atoms with Crippen molar-refractivity contribution in [2.75, 3.05) is 0 Å². The van der Waals surface area contributed by atoms with Crippen LogP contribution in [0.4, 0.5) is 4.79 Å². The summed E-state index contributed by atoms with van der Waals surface area (Å²) in [4.78, 5) is 35.9. The molecule has 0 fully saturated rings. The highest BCUT2D eigenvalue weighted by Crippen LogP contribution is 2.30. The van der Waals surface area contributed by atoms with E-state index in [1.165, 1.54) is 13.2 Å². The van der Waals surface area contributed by atoms with E-state index in [2.05, 4.69) is 10.6 Å². The fraction of sp³-hybridized carbons (Fsp3) is 0.286. The standard InChI is InChI=1S/C21H22N2O5/c1-12(2)22-21(26)23-20(25)13(3)28-18(24)10-15-11-27-17-9-8-14-6-4-5-7-16(14)19(15)17/h4-9,11-13H,10H2,1-3H3,(H2,22,23,25,26). The predicted octanol–water partition coefficient (Wildman–Crippen LogP) is 3.29. The number of carbonyl (C=O) groups is 3. The lowest BCUT2D eigenvalue weighted by molar-refractivity contribution is -0.153. The number of nitrogens with one attached hydrogen (secondary N) is 2. The lowest BCUT2D eigenvalue weighted by Crippen LogP contribution is -2.46. The molecule has 7 heteroatoms. The molecule has 0 spiro atoms. The quantitative estimate of drug-likeness (QED) is 0.660. The van der Waals surface area contributed by atoms with Gasteiger partial charge in [-0.3, -0.25) is 14.9 Å². The van der Waals surface area contributed by atoms with Gasteiger partial charge in [-0.15, -0.1) is 0 Å². The smallest absolute Gasteiger partial charge is 0.321 e. The summed E-state index contributed by atoms with van der Waals surface area (Å²) in [5.74, 6) is -1.27. The SMILES string of the molecule is CC(C)NC(=O)NC(=O)C(C)OC(=O)Cc1coc2ccc3ccccc3c12. The van der Waals surface area contributed by atoms with E-state index in [4.69, 9.17) is 9.15 Å². The van der Waals surface area contributed by atoms with Crippen molar-refractivity contribution >= 4 is 39.6 Å². The average Bonchev–Trinajstić information content (AvgIpc) is 3.04. The Morgan fingerprint density at radius 3 is 2.57 bits per heavy atom. The molecule has 1 atom stereocenters. The van der Waals surface area contributed by atoms with Crippen LogP contribution in [0.1, 0.15) is 26.3 Å². The Morgan fingerprint density at radius 1 is 1.07 bits per heavy atom. The van der Waals surface area contributed by atoms with Crippen LogP contribution in [-0.4, -0.2) is 30.1 Å². The lowest BCUT2D eigenvalue weighted by atomic mass is 10.0. The molecule has 0 saturated heterocycles. The summed E-state index contributed by atoms with van der Waals surface area (Å²) in [5.41, 5.74) is 1.36. The third-order valence-corrected chi connectivity index (χ3v) is 4.21. The van der Waals surface area contributed by atoms with Gasteiger partial charge in [-0.1, -0.05) is 30.3 Å². The van der Waals surface area contributed by atoms with Gasteiger partial charge in [0.1, 0.15) is 5.58 Å². The third-order valence-electron chi connectivity index (χ3n) is 4.21. The summed E-state index contributed by atoms with van der Waals surface area (Å²) in [7, 11) is 0. The Kier molecular flexibility index (Phi) is 5.63. The Labute approximate surface area is 162 Å². The van der Waals surface area contributed by atoms with Crippen LogP contribution >= 0.6 is 0 Å². The molecule has 1 aromatic heterocycles. The van der Waals surface area contributed by atoms with Crippen LogP contribution in [0.2, 0.25) is 0 Å². The molecule has 7 nitrogen and oxygen atoms in total. The van der Waals surface area contributed by atoms with Crippen molar-refractivity contribution in [2.45, 2.75) is 39.3 Å². The largest absolute Gasteiger partial charge is 0.464 e. The second-order valence-electron chi connectivity index (χ2n) is 6.85. The summed E-state index contributed by atoms with van der Waals surface area (Å²) >= 11 is 0. The van der Waals surface area contributed by atoms with E-state index in [9.17, 15) is 14.4 Å². The van der Waals surface area contributed by atoms with Crippen molar-refractivity contribution in [3.05, 3.63) is 48.2 Å². The molecule has 3 amide bonds. The van der Waals surface area contributed by atoms with E-state index in [1.807, 2.05) is 36.4 Å². The molecule has 0 radical (unpaired) electrons. The normalized spacial score (nSPS) is 12.1. The number of ether oxygens (including phenoxy) is 1. The Bertz CT molecular complexity index is 1040. The van der Waals surface area contributed by atoms with Crippen LogP contribution in [0.15, 0.2) is 47.1 Å². The van der Waals surface area contributed by atoms with Gasteiger partial charge >= 0.3 is 12.0 Å². The number of hydrogen-bond acceptors (Lipinski definition) is 5. The van der Waals surface area contributed by atoms with Gasteiger partial charge < -0.3 is 14.5 Å². The van der Waals surface area contributed by atoms with Gasteiger partial charge in [0.15, 0.2) is 6.10 Å². The van der Waals surface area contributed by atoms with E-state index >= 15 is 0 Å². The highest BCUT2D eigenvalue weighted by molar-refractivity contribution is 6.08. The van der Waals surface area contributed by atoms with Crippen molar-refractivity contribution in [3.63, 3.8) is 0 Å². The summed E-state index contributed by atoms with van der Waals surface area (Å²) in [6.45, 7) is 4.96. The first-order valence-electron chi connectivity index (χ1n) is 9.04. The number of esters is 1. The first-order valence-corrected chi connectivity index (χ1v) is 9.04. The van der Waals surface area contributed by atoms with E-state index in [0.29, 0.717) is 11.1 Å². The second-order valence-corrected chi connectivity index (χ2v) is 6.85. The molecule has 0 saturated carbocycles. The molecule has 0 aliphatic heterocycles. The molecule has 2 aromatic carbocycles. The number of benzene rings is 2. The number of furan rings is 1. The van der Waals surface area contributed by atoms with Crippen LogP contribution < -0.4 is 10.6 Å². The number of amides is 3. The van der Waals surface area contributed by atoms with E-state index in [-0.39, 0.29) is 12.5 Å². The predicted molar refractivity (Wildman–Crippen MR) is 105 cm³/mol. The van der Waals surface area contributed by atoms with Crippen LogP contribution in [0, 0.1) is 0 Å². The fourth-order valence-electron chi connectivity index (χ4n) is 2.96. The van der Waals surface area contributed by atoms with Crippen molar-refractivity contribution in [3.8, 4) is 0 Å². The maximum atomic E-state index is 12.3. The van der Waals surface area contributed by atoms with Gasteiger partial charge in [0.05, 0.1) is 12.7 Å². The van der Waals surface area contributed by atoms with Gasteiger partial charge in [0.25, 0.3) is 5.91 Å². The summed E-state index contributed by atoms with van der Waals surface area (Å²) in [6, 6.07) is 10.9. The zero-order valence-corrected chi connectivity index (χ0v) is 15.9. The van der Waals surface area contributed by atoms with Gasteiger partial charge in [0, 0.05) is 17.0 Å². The van der Waals surface area contributed by atoms with Crippen molar-refractivity contribution < 1.29 is 23.5 Å². The molecule has 0 aliphatic rings. The summed E-state index contributed by atoms with van der Waals surface area (Å²) in [5, 5.41) is 7.54. The average molecular weight is 382 g/mol. The summed E-state index contributed by atoms with van der Waals surface area (Å²) < 4.78 is 10.7. The van der Waals surface area contributed by atoms with Gasteiger partial charge in [0.2, 0.25) is 0 Å². The topological polar surface area (TPSA) is 97.6 Å². The highest BCUT2D eigenvalue weighted by atomic mass is 16.5. The zero-order chi connectivity index (χ0) is 20.3. The second kappa shape index (κ2) is 8.12. The van der Waals surface area contributed by atoms with E-state index in [0.717, 1.165) is 16.2 Å². The molecule has 0 bridgehead atoms. The first kappa shape index (κ1) is 19.4. The molecular weight excluding hydrogens is 360 g/mol. The van der Waals surface area contributed by atoms with Crippen LogP contribution in [0.3, 0.4) is 0 Å². The molecule has 28 heavy (non-hydrogen) atoms. The Hall–Kier alpha value is -3.35. The molecule has 3 rings (SSSR count). The Balaban J connectivity index is 1.69. The van der Waals surface area contributed by atoms with E-state index in [1.54, 1.807) is 13.8 Å². The van der Waals surface area contributed by atoms with Gasteiger partial charge in [-0.2, -0.15) is 0 Å². The molecule has 3 aromatic rings. The van der Waals surface area contributed by atoms with Gasteiger partial charge in [-0.25, -0.2) is 4.79 Å². The van der Waals surface area contributed by atoms with Crippen molar-refractivity contribution in [1.82, 2.24) is 10.6 Å². The number of fused-ring (bicyclic) bond motifs is 3. The maximum absolute atomic E-state index is 12.3. The Morgan fingerprint density at radius 2 is 1.82 bits per heavy atom.